The molecule has 0 amide bonds. The van der Waals surface area contributed by atoms with Crippen LogP contribution in [0.15, 0.2) is 230 Å². The van der Waals surface area contributed by atoms with Crippen LogP contribution in [0.1, 0.15) is 22.3 Å². The molecule has 63 heavy (non-hydrogen) atoms. The first-order valence-electron chi connectivity index (χ1n) is 21.2. The third-order valence-corrected chi connectivity index (χ3v) is 12.1. The van der Waals surface area contributed by atoms with Crippen molar-refractivity contribution in [3.63, 3.8) is 0 Å². The molecule has 0 atom stereocenters. The molecule has 0 unspecified atom stereocenters. The van der Waals surface area contributed by atoms with Gasteiger partial charge in [-0.2, -0.15) is 5.26 Å². The Balaban J connectivity index is 1.17. The molecular weight excluding hydrogens is 763 g/mol. The Labute approximate surface area is 366 Å². The lowest BCUT2D eigenvalue weighted by molar-refractivity contribution is 1.18. The second kappa shape index (κ2) is 15.8. The summed E-state index contributed by atoms with van der Waals surface area (Å²) >= 11 is 0. The highest BCUT2D eigenvalue weighted by Gasteiger charge is 2.21. The molecule has 0 saturated carbocycles. The average molecular weight is 802 g/mol. The van der Waals surface area contributed by atoms with Gasteiger partial charge < -0.3 is 4.57 Å². The van der Waals surface area contributed by atoms with E-state index in [0.29, 0.717) is 5.56 Å². The van der Waals surface area contributed by atoms with Gasteiger partial charge in [0, 0.05) is 27.6 Å². The van der Waals surface area contributed by atoms with Gasteiger partial charge in [-0.1, -0.05) is 164 Å². The molecule has 0 aliphatic carbocycles. The zero-order valence-electron chi connectivity index (χ0n) is 34.4. The monoisotopic (exact) mass is 801 g/mol. The molecular formula is C60H39N3. The van der Waals surface area contributed by atoms with Gasteiger partial charge in [0.15, 0.2) is 0 Å². The van der Waals surface area contributed by atoms with Crippen molar-refractivity contribution in [1.82, 2.24) is 4.57 Å². The van der Waals surface area contributed by atoms with Crippen LogP contribution in [-0.4, -0.2) is 10.3 Å². The number of fused-ring (bicyclic) bond motifs is 6. The number of nitrogens with zero attached hydrogens (tertiary/aromatic N) is 3. The SMILES string of the molecule is C=C/C=C\c1ccc(/N=C(/c2ccccc2)c2cc(-c3c4ccccc4c(-c4ccc5c(c4)c4cc(C#N)ccc4n5-c4ccccc4)c4ccccc34)c3ccccc3c2)cc1. The predicted octanol–water partition coefficient (Wildman–Crippen LogP) is 15.8. The highest BCUT2D eigenvalue weighted by molar-refractivity contribution is 6.25. The Kier molecular flexibility index (Phi) is 9.38. The molecule has 1 aromatic heterocycles. The van der Waals surface area contributed by atoms with Crippen molar-refractivity contribution in [3.8, 4) is 34.0 Å². The molecule has 0 aliphatic rings. The molecule has 0 N–H and O–H groups in total. The molecule has 10 aromatic carbocycles. The van der Waals surface area contributed by atoms with Gasteiger partial charge in [-0.05, 0) is 127 Å². The molecule has 0 fully saturated rings. The van der Waals surface area contributed by atoms with E-state index in [1.807, 2.05) is 30.4 Å². The fourth-order valence-corrected chi connectivity index (χ4v) is 9.35. The molecule has 3 nitrogen and oxygen atoms in total. The molecule has 0 aliphatic heterocycles. The van der Waals surface area contributed by atoms with E-state index in [9.17, 15) is 5.26 Å². The quantitative estimate of drug-likeness (QED) is 0.0857. The number of nitriles is 1. The number of benzene rings is 10. The molecule has 0 bridgehead atoms. The van der Waals surface area contributed by atoms with E-state index in [0.717, 1.165) is 72.1 Å². The van der Waals surface area contributed by atoms with Crippen molar-refractivity contribution < 1.29 is 0 Å². The minimum absolute atomic E-state index is 0.643. The standard InChI is InChI=1S/C60H39N3/c1-2-3-16-40-27-31-46(32-28-40)62-60(42-17-6-4-7-18-42)45-36-43-19-10-11-22-48(43)55(38-45)59-51-25-14-12-23-49(51)58(50-24-13-15-26-52(50)59)44-30-34-57-54(37-44)53-35-41(39-61)29-33-56(53)63(57)47-20-8-5-9-21-47/h2-38H,1H2/b16-3-,62-60-. The van der Waals surface area contributed by atoms with E-state index in [-0.39, 0.29) is 0 Å². The van der Waals surface area contributed by atoms with E-state index < -0.39 is 0 Å². The van der Waals surface area contributed by atoms with Crippen LogP contribution in [0.25, 0.3) is 88.1 Å². The summed E-state index contributed by atoms with van der Waals surface area (Å²) in [6.07, 6.45) is 5.78. The Morgan fingerprint density at radius 3 is 1.76 bits per heavy atom. The van der Waals surface area contributed by atoms with Crippen molar-refractivity contribution in [1.29, 1.82) is 5.26 Å². The fourth-order valence-electron chi connectivity index (χ4n) is 9.35. The van der Waals surface area contributed by atoms with E-state index in [2.05, 4.69) is 205 Å². The maximum absolute atomic E-state index is 9.99. The van der Waals surface area contributed by atoms with E-state index in [4.69, 9.17) is 4.99 Å². The number of para-hydroxylation sites is 1. The molecule has 1 heterocycles. The van der Waals surface area contributed by atoms with Gasteiger partial charge in [0.25, 0.3) is 0 Å². The second-order valence-corrected chi connectivity index (χ2v) is 15.8. The number of aliphatic imine (C=N–C) groups is 1. The Bertz CT molecular complexity index is 3620. The summed E-state index contributed by atoms with van der Waals surface area (Å²) in [5.74, 6) is 0. The van der Waals surface area contributed by atoms with Gasteiger partial charge in [-0.3, -0.25) is 0 Å². The Morgan fingerprint density at radius 1 is 0.508 bits per heavy atom. The smallest absolute Gasteiger partial charge is 0.0991 e. The van der Waals surface area contributed by atoms with Gasteiger partial charge in [0.1, 0.15) is 0 Å². The normalized spacial score (nSPS) is 11.9. The zero-order chi connectivity index (χ0) is 42.3. The minimum atomic E-state index is 0.643. The molecule has 11 aromatic rings. The van der Waals surface area contributed by atoms with Gasteiger partial charge in [-0.25, -0.2) is 4.99 Å². The molecule has 294 valence electrons. The highest BCUT2D eigenvalue weighted by Crippen LogP contribution is 2.47. The summed E-state index contributed by atoms with van der Waals surface area (Å²) in [4.78, 5) is 5.37. The van der Waals surface area contributed by atoms with Crippen LogP contribution in [0.3, 0.4) is 0 Å². The Hall–Kier alpha value is -8.58. The first-order valence-corrected chi connectivity index (χ1v) is 21.2. The second-order valence-electron chi connectivity index (χ2n) is 15.8. The number of aromatic nitrogens is 1. The van der Waals surface area contributed by atoms with E-state index in [1.165, 1.54) is 38.1 Å². The summed E-state index contributed by atoms with van der Waals surface area (Å²) < 4.78 is 2.30. The van der Waals surface area contributed by atoms with Crippen LogP contribution >= 0.6 is 0 Å². The Morgan fingerprint density at radius 2 is 1.10 bits per heavy atom. The van der Waals surface area contributed by atoms with Gasteiger partial charge in [-0.15, -0.1) is 0 Å². The van der Waals surface area contributed by atoms with Crippen LogP contribution < -0.4 is 0 Å². The van der Waals surface area contributed by atoms with Crippen LogP contribution in [-0.2, 0) is 0 Å². The van der Waals surface area contributed by atoms with Gasteiger partial charge >= 0.3 is 0 Å². The van der Waals surface area contributed by atoms with Crippen LogP contribution in [0.5, 0.6) is 0 Å². The molecule has 3 heteroatoms. The lowest BCUT2D eigenvalue weighted by Gasteiger charge is -2.20. The lowest BCUT2D eigenvalue weighted by Crippen LogP contribution is -2.04. The summed E-state index contributed by atoms with van der Waals surface area (Å²) in [5.41, 5.74) is 13.5. The number of hydrogen-bond acceptors (Lipinski definition) is 2. The van der Waals surface area contributed by atoms with Crippen molar-refractivity contribution in [2.75, 3.05) is 0 Å². The summed E-state index contributed by atoms with van der Waals surface area (Å²) in [6.45, 7) is 3.82. The summed E-state index contributed by atoms with van der Waals surface area (Å²) in [6, 6.07) is 75.6. The van der Waals surface area contributed by atoms with Crippen molar-refractivity contribution in [3.05, 3.63) is 247 Å². The van der Waals surface area contributed by atoms with Crippen molar-refractivity contribution in [2.45, 2.75) is 0 Å². The minimum Gasteiger partial charge on any atom is -0.309 e. The zero-order valence-corrected chi connectivity index (χ0v) is 34.4. The number of hydrogen-bond donors (Lipinski definition) is 0. The maximum Gasteiger partial charge on any atom is 0.0991 e. The number of allylic oxidation sites excluding steroid dienone is 2. The fraction of sp³-hybridized carbons (Fsp3) is 0. The van der Waals surface area contributed by atoms with Crippen LogP contribution in [0, 0.1) is 11.3 Å². The van der Waals surface area contributed by atoms with Crippen LogP contribution in [0.2, 0.25) is 0 Å². The molecule has 0 radical (unpaired) electrons. The van der Waals surface area contributed by atoms with E-state index >= 15 is 0 Å². The summed E-state index contributed by atoms with van der Waals surface area (Å²) in [7, 11) is 0. The van der Waals surface area contributed by atoms with Gasteiger partial charge in [0.05, 0.1) is 34.1 Å². The lowest BCUT2D eigenvalue weighted by atomic mass is 9.83. The third kappa shape index (κ3) is 6.59. The van der Waals surface area contributed by atoms with Crippen LogP contribution in [0.4, 0.5) is 5.69 Å². The predicted molar refractivity (Wildman–Crippen MR) is 266 cm³/mol. The topological polar surface area (TPSA) is 41.1 Å². The summed E-state index contributed by atoms with van der Waals surface area (Å²) in [5, 5.41) is 19.2. The third-order valence-electron chi connectivity index (χ3n) is 12.1. The number of rotatable bonds is 8. The molecule has 0 spiro atoms. The first kappa shape index (κ1) is 37.4. The average Bonchev–Trinajstić information content (AvgIpc) is 3.67. The van der Waals surface area contributed by atoms with Crippen molar-refractivity contribution >= 4 is 71.6 Å². The first-order chi connectivity index (χ1) is 31.2. The van der Waals surface area contributed by atoms with Gasteiger partial charge in [0.2, 0.25) is 0 Å². The highest BCUT2D eigenvalue weighted by atomic mass is 15.0. The largest absolute Gasteiger partial charge is 0.309 e. The maximum atomic E-state index is 9.99. The molecule has 0 saturated heterocycles. The van der Waals surface area contributed by atoms with E-state index in [1.54, 1.807) is 6.08 Å². The van der Waals surface area contributed by atoms with Crippen molar-refractivity contribution in [2.24, 2.45) is 4.99 Å². The molecule has 11 rings (SSSR count).